The molecule has 1 saturated carbocycles. The second kappa shape index (κ2) is 8.35. The van der Waals surface area contributed by atoms with E-state index >= 15 is 0 Å². The lowest BCUT2D eigenvalue weighted by molar-refractivity contribution is -0.157. The van der Waals surface area contributed by atoms with Gasteiger partial charge in [0.05, 0.1) is 6.10 Å². The van der Waals surface area contributed by atoms with Crippen molar-refractivity contribution in [2.24, 2.45) is 5.92 Å². The monoisotopic (exact) mass is 376 g/mol. The maximum atomic E-state index is 13.8. The van der Waals surface area contributed by atoms with Gasteiger partial charge in [-0.1, -0.05) is 30.3 Å². The van der Waals surface area contributed by atoms with E-state index < -0.39 is 30.3 Å². The summed E-state index contributed by atoms with van der Waals surface area (Å²) >= 11 is 0. The first-order valence-electron chi connectivity index (χ1n) is 9.05. The summed E-state index contributed by atoms with van der Waals surface area (Å²) in [5.74, 6) is -0.328. The molecule has 1 aliphatic rings. The summed E-state index contributed by atoms with van der Waals surface area (Å²) in [7, 11) is 0. The predicted octanol–water partition coefficient (Wildman–Crippen LogP) is 1.57. The van der Waals surface area contributed by atoms with E-state index in [4.69, 9.17) is 4.74 Å². The van der Waals surface area contributed by atoms with E-state index in [1.54, 1.807) is 25.1 Å². The van der Waals surface area contributed by atoms with Gasteiger partial charge in [-0.25, -0.2) is 4.39 Å². The van der Waals surface area contributed by atoms with Crippen LogP contribution in [0.2, 0.25) is 0 Å². The van der Waals surface area contributed by atoms with Crippen molar-refractivity contribution in [1.29, 1.82) is 0 Å². The molecule has 27 heavy (non-hydrogen) atoms. The molecule has 6 heteroatoms. The minimum atomic E-state index is -1.39. The van der Waals surface area contributed by atoms with Crippen molar-refractivity contribution in [3.63, 3.8) is 0 Å². The Balaban J connectivity index is 1.80. The Morgan fingerprint density at radius 1 is 1.04 bits per heavy atom. The molecule has 0 amide bonds. The van der Waals surface area contributed by atoms with Crippen LogP contribution in [0.15, 0.2) is 42.5 Å². The van der Waals surface area contributed by atoms with Crippen LogP contribution >= 0.6 is 0 Å². The summed E-state index contributed by atoms with van der Waals surface area (Å²) in [6, 6.07) is 12.3. The number of benzene rings is 2. The molecule has 0 aromatic heterocycles. The molecule has 3 rings (SSSR count). The van der Waals surface area contributed by atoms with Gasteiger partial charge in [-0.3, -0.25) is 0 Å². The van der Waals surface area contributed by atoms with Gasteiger partial charge in [-0.05, 0) is 42.2 Å². The van der Waals surface area contributed by atoms with Gasteiger partial charge in [-0.2, -0.15) is 0 Å². The highest BCUT2D eigenvalue weighted by Crippen LogP contribution is 2.31. The van der Waals surface area contributed by atoms with E-state index in [1.165, 1.54) is 6.07 Å². The zero-order valence-electron chi connectivity index (χ0n) is 15.1. The number of para-hydroxylation sites is 1. The average molecular weight is 376 g/mol. The summed E-state index contributed by atoms with van der Waals surface area (Å²) in [5, 5.41) is 39.6. The van der Waals surface area contributed by atoms with E-state index in [0.717, 1.165) is 11.1 Å². The third-order valence-corrected chi connectivity index (χ3v) is 5.22. The molecule has 5 atom stereocenters. The van der Waals surface area contributed by atoms with Crippen LogP contribution in [0.3, 0.4) is 0 Å². The number of hydrogen-bond acceptors (Lipinski definition) is 5. The summed E-state index contributed by atoms with van der Waals surface area (Å²) in [4.78, 5) is 0. The lowest BCUT2D eigenvalue weighted by Gasteiger charge is -2.39. The van der Waals surface area contributed by atoms with E-state index in [9.17, 15) is 24.8 Å². The fourth-order valence-corrected chi connectivity index (χ4v) is 3.47. The smallest absolute Gasteiger partial charge is 0.128 e. The van der Waals surface area contributed by atoms with Crippen LogP contribution in [0.1, 0.15) is 23.1 Å². The zero-order valence-corrected chi connectivity index (χ0v) is 15.1. The van der Waals surface area contributed by atoms with Crippen molar-refractivity contribution in [1.82, 2.24) is 0 Å². The minimum Gasteiger partial charge on any atom is -0.487 e. The number of ether oxygens (including phenoxy) is 1. The maximum Gasteiger partial charge on any atom is 0.128 e. The average Bonchev–Trinajstić information content (AvgIpc) is 2.66. The lowest BCUT2D eigenvalue weighted by Crippen LogP contribution is -2.56. The molecule has 0 heterocycles. The Bertz CT molecular complexity index is 779. The van der Waals surface area contributed by atoms with E-state index in [-0.39, 0.29) is 18.8 Å². The van der Waals surface area contributed by atoms with Gasteiger partial charge in [0.25, 0.3) is 0 Å². The van der Waals surface area contributed by atoms with Crippen molar-refractivity contribution < 1.29 is 29.6 Å². The number of aliphatic hydroxyl groups excluding tert-OH is 4. The molecule has 0 radical (unpaired) electrons. The van der Waals surface area contributed by atoms with Gasteiger partial charge in [-0.15, -0.1) is 0 Å². The number of rotatable bonds is 5. The highest BCUT2D eigenvalue weighted by atomic mass is 19.1. The standard InChI is InChI=1S/C21H25FO5/c1-12-6-7-13(9-16(12)22)8-14-4-2-3-5-17(14)27-18-10-15(11-23)19(24)21(26)20(18)25/h2-7,9,15,18-21,23-26H,8,10-11H2,1H3/t15-,18-,19-,20+,21+/m1/s1. The van der Waals surface area contributed by atoms with Crippen molar-refractivity contribution in [2.45, 2.75) is 44.2 Å². The number of halogens is 1. The number of aryl methyl sites for hydroxylation is 1. The molecule has 5 nitrogen and oxygen atoms in total. The van der Waals surface area contributed by atoms with Crippen LogP contribution in [0, 0.1) is 18.7 Å². The number of hydrogen-bond donors (Lipinski definition) is 4. The predicted molar refractivity (Wildman–Crippen MR) is 98.0 cm³/mol. The number of aliphatic hydroxyl groups is 4. The van der Waals surface area contributed by atoms with Gasteiger partial charge in [0, 0.05) is 18.9 Å². The first-order chi connectivity index (χ1) is 12.9. The maximum absolute atomic E-state index is 13.8. The first-order valence-corrected chi connectivity index (χ1v) is 9.05. The van der Waals surface area contributed by atoms with E-state index in [2.05, 4.69) is 0 Å². The molecule has 1 fully saturated rings. The third-order valence-electron chi connectivity index (χ3n) is 5.22. The zero-order chi connectivity index (χ0) is 19.6. The second-order valence-electron chi connectivity index (χ2n) is 7.17. The molecule has 0 unspecified atom stereocenters. The molecule has 1 aliphatic carbocycles. The van der Waals surface area contributed by atoms with Gasteiger partial charge < -0.3 is 25.2 Å². The van der Waals surface area contributed by atoms with Crippen molar-refractivity contribution >= 4 is 0 Å². The fraction of sp³-hybridized carbons (Fsp3) is 0.429. The van der Waals surface area contributed by atoms with Gasteiger partial charge in [0.1, 0.15) is 29.9 Å². The molecule has 0 saturated heterocycles. The van der Waals surface area contributed by atoms with E-state index in [1.807, 2.05) is 18.2 Å². The van der Waals surface area contributed by atoms with E-state index in [0.29, 0.717) is 17.7 Å². The van der Waals surface area contributed by atoms with Crippen LogP contribution in [-0.4, -0.2) is 51.4 Å². The molecular formula is C21H25FO5. The van der Waals surface area contributed by atoms with Crippen LogP contribution in [0.4, 0.5) is 4.39 Å². The summed E-state index contributed by atoms with van der Waals surface area (Å²) < 4.78 is 19.8. The second-order valence-corrected chi connectivity index (χ2v) is 7.17. The summed E-state index contributed by atoms with van der Waals surface area (Å²) in [5.41, 5.74) is 2.19. The Morgan fingerprint density at radius 3 is 2.48 bits per heavy atom. The normalized spacial score (nSPS) is 28.1. The molecular weight excluding hydrogens is 351 g/mol. The summed E-state index contributed by atoms with van der Waals surface area (Å²) in [6.07, 6.45) is -3.97. The Kier molecular flexibility index (Phi) is 6.11. The van der Waals surface area contributed by atoms with Gasteiger partial charge >= 0.3 is 0 Å². The molecule has 2 aromatic rings. The molecule has 4 N–H and O–H groups in total. The third kappa shape index (κ3) is 4.30. The van der Waals surface area contributed by atoms with Gasteiger partial charge in [0.2, 0.25) is 0 Å². The molecule has 0 spiro atoms. The fourth-order valence-electron chi connectivity index (χ4n) is 3.47. The minimum absolute atomic E-state index is 0.212. The van der Waals surface area contributed by atoms with Gasteiger partial charge in [0.15, 0.2) is 0 Å². The SMILES string of the molecule is Cc1ccc(Cc2ccccc2O[C@@H]2C[C@H](CO)[C@@H](O)[C@H](O)[C@H]2O)cc1F. The molecule has 0 bridgehead atoms. The van der Waals surface area contributed by atoms with Crippen molar-refractivity contribution in [3.05, 3.63) is 65.0 Å². The Hall–Kier alpha value is -1.99. The highest BCUT2D eigenvalue weighted by molar-refractivity contribution is 5.38. The van der Waals surface area contributed by atoms with Crippen LogP contribution < -0.4 is 4.74 Å². The summed E-state index contributed by atoms with van der Waals surface area (Å²) in [6.45, 7) is 1.40. The highest BCUT2D eigenvalue weighted by Gasteiger charge is 2.43. The van der Waals surface area contributed by atoms with Crippen LogP contribution in [0.5, 0.6) is 5.75 Å². The topological polar surface area (TPSA) is 90.2 Å². The lowest BCUT2D eigenvalue weighted by atomic mass is 9.81. The Labute approximate surface area is 157 Å². The quantitative estimate of drug-likeness (QED) is 0.636. The van der Waals surface area contributed by atoms with Crippen LogP contribution in [0.25, 0.3) is 0 Å². The van der Waals surface area contributed by atoms with Crippen molar-refractivity contribution in [3.8, 4) is 5.75 Å². The van der Waals surface area contributed by atoms with Crippen molar-refractivity contribution in [2.75, 3.05) is 6.61 Å². The largest absolute Gasteiger partial charge is 0.487 e. The molecule has 2 aromatic carbocycles. The first kappa shape index (κ1) is 19.8. The van der Waals surface area contributed by atoms with Crippen LogP contribution in [-0.2, 0) is 6.42 Å². The Morgan fingerprint density at radius 2 is 1.78 bits per heavy atom. The molecule has 146 valence electrons. The molecule has 0 aliphatic heterocycles.